The van der Waals surface area contributed by atoms with Gasteiger partial charge in [-0.1, -0.05) is 12.2 Å². The normalized spacial score (nSPS) is 15.1. The molecule has 3 heteroatoms. The van der Waals surface area contributed by atoms with E-state index in [1.165, 1.54) is 0 Å². The maximum absolute atomic E-state index is 8.92. The Morgan fingerprint density at radius 1 is 1.82 bits per heavy atom. The van der Waals surface area contributed by atoms with Crippen LogP contribution in [-0.2, 0) is 4.74 Å². The molecule has 0 aliphatic carbocycles. The minimum atomic E-state index is -1.05. The van der Waals surface area contributed by atoms with Crippen molar-refractivity contribution in [3.8, 4) is 6.07 Å². The van der Waals surface area contributed by atoms with Crippen LogP contribution < -0.4 is 0 Å². The highest BCUT2D eigenvalue weighted by Gasteiger charge is 2.12. The molecule has 0 saturated carbocycles. The van der Waals surface area contributed by atoms with Gasteiger partial charge in [0.2, 0.25) is 0 Å². The molecule has 0 fully saturated rings. The van der Waals surface area contributed by atoms with E-state index in [0.717, 1.165) is 5.57 Å². The van der Waals surface area contributed by atoms with Crippen LogP contribution in [0.1, 0.15) is 13.8 Å². The lowest BCUT2D eigenvalue weighted by atomic mass is 10.2. The summed E-state index contributed by atoms with van der Waals surface area (Å²) in [7, 11) is 0. The molecule has 0 saturated heterocycles. The second kappa shape index (κ2) is 4.89. The minimum Gasteiger partial charge on any atom is -0.375 e. The molecule has 0 aliphatic heterocycles. The van der Waals surface area contributed by atoms with Crippen LogP contribution in [0.15, 0.2) is 12.2 Å². The van der Waals surface area contributed by atoms with Gasteiger partial charge in [-0.3, -0.25) is 0 Å². The van der Waals surface area contributed by atoms with Crippen LogP contribution >= 0.6 is 0 Å². The first-order valence-corrected chi connectivity index (χ1v) is 3.41. The Morgan fingerprint density at radius 2 is 2.36 bits per heavy atom. The van der Waals surface area contributed by atoms with E-state index in [1.807, 2.05) is 6.92 Å². The van der Waals surface area contributed by atoms with Gasteiger partial charge in [0.1, 0.15) is 0 Å². The van der Waals surface area contributed by atoms with Gasteiger partial charge in [0.15, 0.2) is 6.10 Å². The molecule has 0 spiro atoms. The van der Waals surface area contributed by atoms with Gasteiger partial charge >= 0.3 is 0 Å². The summed E-state index contributed by atoms with van der Waals surface area (Å²) in [6.07, 6.45) is -1.49. The van der Waals surface area contributed by atoms with E-state index in [9.17, 15) is 0 Å². The zero-order valence-corrected chi connectivity index (χ0v) is 6.87. The fourth-order valence-corrected chi connectivity index (χ4v) is 0.470. The monoisotopic (exact) mass is 155 g/mol. The van der Waals surface area contributed by atoms with Crippen molar-refractivity contribution in [3.63, 3.8) is 0 Å². The van der Waals surface area contributed by atoms with Crippen molar-refractivity contribution in [2.75, 3.05) is 6.61 Å². The quantitative estimate of drug-likeness (QED) is 0.483. The second-order valence-electron chi connectivity index (χ2n) is 2.55. The Kier molecular flexibility index (Phi) is 4.51. The molecule has 1 N–H and O–H groups in total. The highest BCUT2D eigenvalue weighted by atomic mass is 16.5. The maximum Gasteiger partial charge on any atom is 0.166 e. The first kappa shape index (κ1) is 10.2. The summed E-state index contributed by atoms with van der Waals surface area (Å²) in [6, 6.07) is 1.69. The van der Waals surface area contributed by atoms with Crippen LogP contribution in [0.2, 0.25) is 0 Å². The molecule has 11 heavy (non-hydrogen) atoms. The predicted molar refractivity (Wildman–Crippen MR) is 41.8 cm³/mol. The van der Waals surface area contributed by atoms with Crippen molar-refractivity contribution in [2.45, 2.75) is 26.1 Å². The molecule has 2 atom stereocenters. The second-order valence-corrected chi connectivity index (χ2v) is 2.55. The number of aliphatic hydroxyl groups excluding tert-OH is 1. The van der Waals surface area contributed by atoms with E-state index in [0.29, 0.717) is 6.61 Å². The average molecular weight is 155 g/mol. The Bertz CT molecular complexity index is 171. The van der Waals surface area contributed by atoms with Gasteiger partial charge in [-0.25, -0.2) is 0 Å². The molecule has 0 radical (unpaired) electrons. The molecule has 1 unspecified atom stereocenters. The molecule has 0 aromatic carbocycles. The van der Waals surface area contributed by atoms with E-state index in [1.54, 1.807) is 13.0 Å². The first-order valence-electron chi connectivity index (χ1n) is 3.41. The van der Waals surface area contributed by atoms with Gasteiger partial charge in [-0.2, -0.15) is 5.26 Å². The molecular formula is C8H13NO2. The Hall–Kier alpha value is -0.850. The smallest absolute Gasteiger partial charge is 0.166 e. The number of aliphatic hydroxyl groups is 1. The summed E-state index contributed by atoms with van der Waals surface area (Å²) in [6.45, 7) is 7.49. The molecule has 0 amide bonds. The van der Waals surface area contributed by atoms with Crippen LogP contribution in [0.3, 0.4) is 0 Å². The molecule has 0 aliphatic rings. The Balaban J connectivity index is 3.62. The molecule has 3 nitrogen and oxygen atoms in total. The Morgan fingerprint density at radius 3 is 2.73 bits per heavy atom. The van der Waals surface area contributed by atoms with Crippen LogP contribution in [0.4, 0.5) is 0 Å². The fourth-order valence-electron chi connectivity index (χ4n) is 0.470. The minimum absolute atomic E-state index is 0.389. The zero-order valence-electron chi connectivity index (χ0n) is 6.87. The lowest BCUT2D eigenvalue weighted by molar-refractivity contribution is 0.00784. The zero-order chi connectivity index (χ0) is 8.85. The highest BCUT2D eigenvalue weighted by molar-refractivity contribution is 4.91. The van der Waals surface area contributed by atoms with Crippen LogP contribution in [0, 0.1) is 11.3 Å². The molecule has 0 aromatic rings. The van der Waals surface area contributed by atoms with E-state index >= 15 is 0 Å². The van der Waals surface area contributed by atoms with E-state index in [2.05, 4.69) is 6.58 Å². The Labute approximate surface area is 66.9 Å². The van der Waals surface area contributed by atoms with Crippen LogP contribution in [-0.4, -0.2) is 23.9 Å². The summed E-state index contributed by atoms with van der Waals surface area (Å²) < 4.78 is 5.08. The predicted octanol–water partition coefficient (Wildman–Crippen LogP) is 0.852. The number of ether oxygens (including phenoxy) is 1. The van der Waals surface area contributed by atoms with Crippen molar-refractivity contribution in [1.82, 2.24) is 0 Å². The SMILES string of the molecule is C=C(C)COC(C)[C@@H](O)C#N. The van der Waals surface area contributed by atoms with E-state index < -0.39 is 12.2 Å². The lowest BCUT2D eigenvalue weighted by Gasteiger charge is -2.13. The molecule has 0 aromatic heterocycles. The van der Waals surface area contributed by atoms with Gasteiger partial charge in [0.25, 0.3) is 0 Å². The van der Waals surface area contributed by atoms with Gasteiger partial charge in [0, 0.05) is 0 Å². The number of nitrogens with zero attached hydrogens (tertiary/aromatic N) is 1. The number of rotatable bonds is 4. The molecule has 0 bridgehead atoms. The van der Waals surface area contributed by atoms with Crippen molar-refractivity contribution in [1.29, 1.82) is 5.26 Å². The van der Waals surface area contributed by atoms with E-state index in [4.69, 9.17) is 15.1 Å². The maximum atomic E-state index is 8.92. The number of hydrogen-bond donors (Lipinski definition) is 1. The average Bonchev–Trinajstić information content (AvgIpc) is 1.98. The topological polar surface area (TPSA) is 53.2 Å². The van der Waals surface area contributed by atoms with Gasteiger partial charge in [-0.15, -0.1) is 0 Å². The third-order valence-electron chi connectivity index (χ3n) is 1.17. The van der Waals surface area contributed by atoms with Crippen molar-refractivity contribution < 1.29 is 9.84 Å². The van der Waals surface area contributed by atoms with Crippen molar-refractivity contribution in [3.05, 3.63) is 12.2 Å². The molecule has 62 valence electrons. The first-order chi connectivity index (χ1) is 5.07. The summed E-state index contributed by atoms with van der Waals surface area (Å²) in [4.78, 5) is 0. The largest absolute Gasteiger partial charge is 0.375 e. The lowest BCUT2D eigenvalue weighted by Crippen LogP contribution is -2.24. The highest BCUT2D eigenvalue weighted by Crippen LogP contribution is 1.99. The summed E-state index contributed by atoms with van der Waals surface area (Å²) in [5.41, 5.74) is 0.877. The van der Waals surface area contributed by atoms with Gasteiger partial charge in [-0.05, 0) is 13.8 Å². The third kappa shape index (κ3) is 4.54. The third-order valence-corrected chi connectivity index (χ3v) is 1.17. The van der Waals surface area contributed by atoms with Crippen LogP contribution in [0.25, 0.3) is 0 Å². The van der Waals surface area contributed by atoms with Gasteiger partial charge < -0.3 is 9.84 Å². The van der Waals surface area contributed by atoms with Crippen molar-refractivity contribution >= 4 is 0 Å². The summed E-state index contributed by atoms with van der Waals surface area (Å²) >= 11 is 0. The molecule has 0 rings (SSSR count). The van der Waals surface area contributed by atoms with Crippen LogP contribution in [0.5, 0.6) is 0 Å². The van der Waals surface area contributed by atoms with Gasteiger partial charge in [0.05, 0.1) is 18.8 Å². The fraction of sp³-hybridized carbons (Fsp3) is 0.625. The number of nitriles is 1. The summed E-state index contributed by atoms with van der Waals surface area (Å²) in [5.74, 6) is 0. The van der Waals surface area contributed by atoms with Crippen molar-refractivity contribution in [2.24, 2.45) is 0 Å². The molecule has 0 heterocycles. The number of hydrogen-bond acceptors (Lipinski definition) is 3. The molecular weight excluding hydrogens is 142 g/mol. The van der Waals surface area contributed by atoms with E-state index in [-0.39, 0.29) is 0 Å². The summed E-state index contributed by atoms with van der Waals surface area (Å²) in [5, 5.41) is 17.2. The standard InChI is InChI=1S/C8H13NO2/c1-6(2)5-11-7(3)8(10)4-9/h7-8,10H,1,5H2,2-3H3/t7?,8-/m0/s1.